The molecular weight excluding hydrogens is 296 g/mol. The van der Waals surface area contributed by atoms with Crippen LogP contribution >= 0.6 is 11.6 Å². The van der Waals surface area contributed by atoms with E-state index in [1.807, 2.05) is 0 Å². The first-order chi connectivity index (χ1) is 9.99. The average Bonchev–Trinajstić information content (AvgIpc) is 2.47. The molecule has 1 unspecified atom stereocenters. The van der Waals surface area contributed by atoms with Gasteiger partial charge in [-0.05, 0) is 37.9 Å². The zero-order valence-corrected chi connectivity index (χ0v) is 12.5. The molecule has 21 heavy (non-hydrogen) atoms. The molecule has 1 N–H and O–H groups in total. The lowest BCUT2D eigenvalue weighted by atomic mass is 9.99. The number of rotatable bonds is 4. The Balaban J connectivity index is 2.14. The van der Waals surface area contributed by atoms with Gasteiger partial charge in [0.05, 0.1) is 4.92 Å². The van der Waals surface area contributed by atoms with Gasteiger partial charge in [-0.15, -0.1) is 0 Å². The summed E-state index contributed by atoms with van der Waals surface area (Å²) in [5.41, 5.74) is -0.343. The van der Waals surface area contributed by atoms with Crippen molar-refractivity contribution < 1.29 is 9.72 Å². The van der Waals surface area contributed by atoms with Crippen molar-refractivity contribution in [1.29, 1.82) is 0 Å². The van der Waals surface area contributed by atoms with Crippen LogP contribution in [0.25, 0.3) is 0 Å². The van der Waals surface area contributed by atoms with Gasteiger partial charge >= 0.3 is 0 Å². The number of hydrogen-bond acceptors (Lipinski definition) is 5. The van der Waals surface area contributed by atoms with Crippen molar-refractivity contribution in [2.24, 2.45) is 5.92 Å². The molecule has 0 bridgehead atoms. The molecule has 7 nitrogen and oxygen atoms in total. The SMILES string of the molecule is CN(CC1CCCNC1)C(=O)c1cc(Cl)ncc1[N+](=O)[O-]. The molecule has 1 aliphatic rings. The first-order valence-electron chi connectivity index (χ1n) is 6.75. The number of amides is 1. The van der Waals surface area contributed by atoms with E-state index in [-0.39, 0.29) is 16.4 Å². The van der Waals surface area contributed by atoms with Crippen molar-refractivity contribution in [3.8, 4) is 0 Å². The molecule has 1 aliphatic heterocycles. The van der Waals surface area contributed by atoms with Gasteiger partial charge in [0.25, 0.3) is 11.6 Å². The fourth-order valence-corrected chi connectivity index (χ4v) is 2.65. The molecule has 0 spiro atoms. The summed E-state index contributed by atoms with van der Waals surface area (Å²) in [4.78, 5) is 28.0. The topological polar surface area (TPSA) is 88.4 Å². The van der Waals surface area contributed by atoms with E-state index in [0.29, 0.717) is 12.5 Å². The Bertz CT molecular complexity index is 546. The van der Waals surface area contributed by atoms with Gasteiger partial charge in [-0.3, -0.25) is 14.9 Å². The maximum Gasteiger partial charge on any atom is 0.300 e. The highest BCUT2D eigenvalue weighted by Crippen LogP contribution is 2.22. The van der Waals surface area contributed by atoms with E-state index in [1.54, 1.807) is 7.05 Å². The Hall–Kier alpha value is -1.73. The van der Waals surface area contributed by atoms with Crippen molar-refractivity contribution in [2.45, 2.75) is 12.8 Å². The molecule has 1 saturated heterocycles. The van der Waals surface area contributed by atoms with Crippen LogP contribution in [0, 0.1) is 16.0 Å². The van der Waals surface area contributed by atoms with Crippen molar-refractivity contribution >= 4 is 23.2 Å². The van der Waals surface area contributed by atoms with Gasteiger partial charge in [-0.25, -0.2) is 4.98 Å². The normalized spacial score (nSPS) is 18.3. The van der Waals surface area contributed by atoms with E-state index in [4.69, 9.17) is 11.6 Å². The smallest absolute Gasteiger partial charge is 0.300 e. The van der Waals surface area contributed by atoms with Gasteiger partial charge in [0, 0.05) is 13.6 Å². The first-order valence-corrected chi connectivity index (χ1v) is 7.13. The van der Waals surface area contributed by atoms with Crippen LogP contribution in [-0.2, 0) is 0 Å². The monoisotopic (exact) mass is 312 g/mol. The minimum Gasteiger partial charge on any atom is -0.341 e. The molecule has 1 aromatic rings. The van der Waals surface area contributed by atoms with Gasteiger partial charge in [-0.2, -0.15) is 0 Å². The predicted molar refractivity (Wildman–Crippen MR) is 78.5 cm³/mol. The van der Waals surface area contributed by atoms with Crippen LogP contribution in [0.1, 0.15) is 23.2 Å². The van der Waals surface area contributed by atoms with Crippen LogP contribution < -0.4 is 5.32 Å². The summed E-state index contributed by atoms with van der Waals surface area (Å²) in [7, 11) is 1.65. The Morgan fingerprint density at radius 2 is 2.43 bits per heavy atom. The zero-order valence-electron chi connectivity index (χ0n) is 11.7. The average molecular weight is 313 g/mol. The quantitative estimate of drug-likeness (QED) is 0.519. The number of halogens is 1. The van der Waals surface area contributed by atoms with Gasteiger partial charge in [0.15, 0.2) is 0 Å². The zero-order chi connectivity index (χ0) is 15.4. The number of hydrogen-bond donors (Lipinski definition) is 1. The Morgan fingerprint density at radius 3 is 3.05 bits per heavy atom. The molecule has 0 aliphatic carbocycles. The Labute approximate surface area is 127 Å². The standard InChI is InChI=1S/C13H17ClN4O3/c1-17(8-9-3-2-4-15-6-9)13(19)10-5-12(14)16-7-11(10)18(20)21/h5,7,9,15H,2-4,6,8H2,1H3. The lowest BCUT2D eigenvalue weighted by Gasteiger charge is -2.27. The molecule has 1 atom stereocenters. The Morgan fingerprint density at radius 1 is 1.67 bits per heavy atom. The third kappa shape index (κ3) is 3.89. The third-order valence-corrected chi connectivity index (χ3v) is 3.76. The fraction of sp³-hybridized carbons (Fsp3) is 0.538. The number of aromatic nitrogens is 1. The summed E-state index contributed by atoms with van der Waals surface area (Å²) in [6, 6.07) is 1.25. The van der Waals surface area contributed by atoms with Crippen molar-refractivity contribution in [1.82, 2.24) is 15.2 Å². The Kier molecular flexibility index (Phi) is 5.08. The summed E-state index contributed by atoms with van der Waals surface area (Å²) >= 11 is 5.75. The van der Waals surface area contributed by atoms with Crippen LogP contribution in [0.4, 0.5) is 5.69 Å². The van der Waals surface area contributed by atoms with Gasteiger partial charge < -0.3 is 10.2 Å². The maximum atomic E-state index is 12.4. The minimum atomic E-state index is -0.618. The molecule has 1 aromatic heterocycles. The summed E-state index contributed by atoms with van der Waals surface area (Å²) in [6.45, 7) is 2.42. The molecule has 114 valence electrons. The number of carbonyl (C=O) groups is 1. The van der Waals surface area contributed by atoms with Crippen molar-refractivity contribution in [2.75, 3.05) is 26.7 Å². The fourth-order valence-electron chi connectivity index (χ4n) is 2.50. The lowest BCUT2D eigenvalue weighted by molar-refractivity contribution is -0.385. The lowest BCUT2D eigenvalue weighted by Crippen LogP contribution is -2.39. The van der Waals surface area contributed by atoms with Gasteiger partial charge in [0.1, 0.15) is 16.9 Å². The van der Waals surface area contributed by atoms with Gasteiger partial charge in [0.2, 0.25) is 0 Å². The van der Waals surface area contributed by atoms with E-state index in [0.717, 1.165) is 32.1 Å². The summed E-state index contributed by atoms with van der Waals surface area (Å²) < 4.78 is 0. The molecule has 0 radical (unpaired) electrons. The van der Waals surface area contributed by atoms with Crippen LogP contribution in [0.5, 0.6) is 0 Å². The van der Waals surface area contributed by atoms with Crippen molar-refractivity contribution in [3.05, 3.63) is 33.1 Å². The predicted octanol–water partition coefficient (Wildman–Crippen LogP) is 1.71. The molecule has 2 heterocycles. The number of nitrogens with one attached hydrogen (secondary N) is 1. The second kappa shape index (κ2) is 6.82. The molecule has 0 aromatic carbocycles. The van der Waals surface area contributed by atoms with Gasteiger partial charge in [-0.1, -0.05) is 11.6 Å². The highest BCUT2D eigenvalue weighted by atomic mass is 35.5. The molecule has 1 fully saturated rings. The second-order valence-corrected chi connectivity index (χ2v) is 5.57. The number of nitrogens with zero attached hydrogens (tertiary/aromatic N) is 3. The number of pyridine rings is 1. The van der Waals surface area contributed by atoms with Crippen LogP contribution in [0.3, 0.4) is 0 Å². The molecule has 8 heteroatoms. The number of piperidine rings is 1. The van der Waals surface area contributed by atoms with E-state index in [1.165, 1.54) is 11.0 Å². The highest BCUT2D eigenvalue weighted by molar-refractivity contribution is 6.29. The largest absolute Gasteiger partial charge is 0.341 e. The first kappa shape index (κ1) is 15.7. The number of carbonyl (C=O) groups excluding carboxylic acids is 1. The molecule has 1 amide bonds. The van der Waals surface area contributed by atoms with E-state index in [2.05, 4.69) is 10.3 Å². The highest BCUT2D eigenvalue weighted by Gasteiger charge is 2.26. The maximum absolute atomic E-state index is 12.4. The summed E-state index contributed by atoms with van der Waals surface area (Å²) in [6.07, 6.45) is 3.14. The van der Waals surface area contributed by atoms with E-state index >= 15 is 0 Å². The van der Waals surface area contributed by atoms with Crippen LogP contribution in [0.15, 0.2) is 12.3 Å². The summed E-state index contributed by atoms with van der Waals surface area (Å²) in [5.74, 6) is -0.0411. The van der Waals surface area contributed by atoms with Crippen LogP contribution in [0.2, 0.25) is 5.15 Å². The van der Waals surface area contributed by atoms with E-state index < -0.39 is 10.8 Å². The number of nitro groups is 1. The van der Waals surface area contributed by atoms with Crippen molar-refractivity contribution in [3.63, 3.8) is 0 Å². The second-order valence-electron chi connectivity index (χ2n) is 5.18. The third-order valence-electron chi connectivity index (χ3n) is 3.55. The van der Waals surface area contributed by atoms with Crippen LogP contribution in [-0.4, -0.2) is 47.4 Å². The van der Waals surface area contributed by atoms with E-state index in [9.17, 15) is 14.9 Å². The molecule has 0 saturated carbocycles. The molecule has 2 rings (SSSR count). The molecular formula is C13H17ClN4O3. The summed E-state index contributed by atoms with van der Waals surface area (Å²) in [5, 5.41) is 14.3. The minimum absolute atomic E-state index is 0.0220.